The van der Waals surface area contributed by atoms with E-state index >= 15 is 0 Å². The second-order valence-electron chi connectivity index (χ2n) is 5.23. The number of rotatable bonds is 4. The Morgan fingerprint density at radius 1 is 1.42 bits per heavy atom. The average molecular weight is 261 g/mol. The van der Waals surface area contributed by atoms with Gasteiger partial charge in [0, 0.05) is 17.4 Å². The van der Waals surface area contributed by atoms with Gasteiger partial charge in [0.25, 0.3) is 0 Å². The van der Waals surface area contributed by atoms with Gasteiger partial charge in [0.05, 0.1) is 5.92 Å². The van der Waals surface area contributed by atoms with Crippen molar-refractivity contribution in [1.29, 1.82) is 0 Å². The molecule has 0 bridgehead atoms. The Morgan fingerprint density at radius 2 is 2.16 bits per heavy atom. The molecule has 1 heterocycles. The van der Waals surface area contributed by atoms with Crippen LogP contribution in [0.15, 0.2) is 18.2 Å². The number of aromatic nitrogens is 2. The fraction of sp³-hybridized carbons (Fsp3) is 0.500. The van der Waals surface area contributed by atoms with Crippen LogP contribution in [0.4, 0.5) is 5.95 Å². The Balaban J connectivity index is 2.08. The summed E-state index contributed by atoms with van der Waals surface area (Å²) in [7, 11) is 0. The number of carboxylic acids is 1. The van der Waals surface area contributed by atoms with Gasteiger partial charge >= 0.3 is 5.97 Å². The molecule has 2 rings (SSSR count). The first-order chi connectivity index (χ1) is 8.95. The normalized spacial score (nSPS) is 21.9. The molecule has 0 amide bonds. The van der Waals surface area contributed by atoms with E-state index in [9.17, 15) is 4.79 Å². The van der Waals surface area contributed by atoms with Gasteiger partial charge in [0.1, 0.15) is 0 Å². The van der Waals surface area contributed by atoms with Crippen LogP contribution < -0.4 is 5.32 Å². The summed E-state index contributed by atoms with van der Waals surface area (Å²) in [4.78, 5) is 19.7. The van der Waals surface area contributed by atoms with Crippen LogP contribution in [0.25, 0.3) is 0 Å². The maximum Gasteiger partial charge on any atom is 0.310 e. The van der Waals surface area contributed by atoms with Crippen LogP contribution >= 0.6 is 0 Å². The van der Waals surface area contributed by atoms with Gasteiger partial charge in [-0.2, -0.15) is 0 Å². The van der Waals surface area contributed by atoms with Crippen LogP contribution in [-0.4, -0.2) is 27.1 Å². The molecule has 0 radical (unpaired) electrons. The van der Waals surface area contributed by atoms with Gasteiger partial charge in [-0.3, -0.25) is 4.79 Å². The lowest BCUT2D eigenvalue weighted by atomic mass is 10.1. The van der Waals surface area contributed by atoms with Gasteiger partial charge in [-0.25, -0.2) is 9.97 Å². The van der Waals surface area contributed by atoms with Crippen molar-refractivity contribution < 1.29 is 9.90 Å². The highest BCUT2D eigenvalue weighted by Crippen LogP contribution is 2.21. The molecule has 0 aromatic carbocycles. The van der Waals surface area contributed by atoms with Crippen LogP contribution in [0.2, 0.25) is 0 Å². The molecule has 0 saturated carbocycles. The number of nitrogens with one attached hydrogen (secondary N) is 1. The Bertz CT molecular complexity index is 511. The van der Waals surface area contributed by atoms with Gasteiger partial charge in [0.15, 0.2) is 0 Å². The van der Waals surface area contributed by atoms with E-state index in [0.717, 1.165) is 11.4 Å². The quantitative estimate of drug-likeness (QED) is 0.814. The van der Waals surface area contributed by atoms with Gasteiger partial charge in [0.2, 0.25) is 5.95 Å². The van der Waals surface area contributed by atoms with Crippen molar-refractivity contribution in [2.75, 3.05) is 5.32 Å². The summed E-state index contributed by atoms with van der Waals surface area (Å²) in [6.07, 6.45) is 4.14. The Kier molecular flexibility index (Phi) is 3.83. The summed E-state index contributed by atoms with van der Waals surface area (Å²) in [6.45, 7) is 6.10. The van der Waals surface area contributed by atoms with Crippen LogP contribution in [0.1, 0.15) is 37.6 Å². The predicted molar refractivity (Wildman–Crippen MR) is 73.2 cm³/mol. The smallest absolute Gasteiger partial charge is 0.310 e. The number of anilines is 1. The highest BCUT2D eigenvalue weighted by molar-refractivity contribution is 5.73. The third-order valence-corrected chi connectivity index (χ3v) is 3.18. The van der Waals surface area contributed by atoms with Gasteiger partial charge in [-0.05, 0) is 25.3 Å². The number of carbonyl (C=O) groups is 1. The van der Waals surface area contributed by atoms with Crippen molar-refractivity contribution in [3.63, 3.8) is 0 Å². The maximum atomic E-state index is 10.9. The summed E-state index contributed by atoms with van der Waals surface area (Å²) < 4.78 is 0. The molecule has 1 aromatic heterocycles. The van der Waals surface area contributed by atoms with Crippen molar-refractivity contribution in [2.45, 2.75) is 39.2 Å². The predicted octanol–water partition coefficient (Wildman–Crippen LogP) is 2.35. The molecule has 5 nitrogen and oxygen atoms in total. The number of aryl methyl sites for hydroxylation is 1. The molecule has 19 heavy (non-hydrogen) atoms. The standard InChI is InChI=1S/C14H19N3O2/c1-8(2)12-6-9(3)15-14(17-12)16-11-5-4-10(7-11)13(18)19/h4-6,8,10-11H,7H2,1-3H3,(H,18,19)(H,15,16,17). The first-order valence-electron chi connectivity index (χ1n) is 6.49. The summed E-state index contributed by atoms with van der Waals surface area (Å²) in [5.41, 5.74) is 1.91. The largest absolute Gasteiger partial charge is 0.481 e. The Labute approximate surface area is 112 Å². The lowest BCUT2D eigenvalue weighted by Crippen LogP contribution is -2.20. The average Bonchev–Trinajstić information content (AvgIpc) is 2.76. The van der Waals surface area contributed by atoms with E-state index < -0.39 is 11.9 Å². The van der Waals surface area contributed by atoms with E-state index in [2.05, 4.69) is 29.1 Å². The van der Waals surface area contributed by atoms with Crippen molar-refractivity contribution in [2.24, 2.45) is 5.92 Å². The van der Waals surface area contributed by atoms with Crippen LogP contribution in [-0.2, 0) is 4.79 Å². The minimum absolute atomic E-state index is 0.0112. The molecule has 0 spiro atoms. The maximum absolute atomic E-state index is 10.9. The van der Waals surface area contributed by atoms with E-state index in [1.54, 1.807) is 6.08 Å². The molecular formula is C14H19N3O2. The number of carboxylic acid groups (broad SMARTS) is 1. The fourth-order valence-corrected chi connectivity index (χ4v) is 2.11. The van der Waals surface area contributed by atoms with Gasteiger partial charge in [-0.15, -0.1) is 0 Å². The lowest BCUT2D eigenvalue weighted by molar-refractivity contribution is -0.140. The number of aliphatic carboxylic acids is 1. The molecule has 1 aliphatic carbocycles. The molecule has 0 aliphatic heterocycles. The third kappa shape index (κ3) is 3.30. The molecule has 2 atom stereocenters. The fourth-order valence-electron chi connectivity index (χ4n) is 2.11. The molecule has 1 aromatic rings. The zero-order chi connectivity index (χ0) is 14.0. The highest BCUT2D eigenvalue weighted by Gasteiger charge is 2.24. The molecule has 102 valence electrons. The van der Waals surface area contributed by atoms with E-state index in [1.807, 2.05) is 19.1 Å². The molecule has 2 unspecified atom stereocenters. The van der Waals surface area contributed by atoms with Crippen LogP contribution in [0, 0.1) is 12.8 Å². The first-order valence-corrected chi connectivity index (χ1v) is 6.49. The lowest BCUT2D eigenvalue weighted by Gasteiger charge is -2.14. The minimum Gasteiger partial charge on any atom is -0.481 e. The summed E-state index contributed by atoms with van der Waals surface area (Å²) in [6, 6.07) is 1.96. The zero-order valence-corrected chi connectivity index (χ0v) is 11.4. The van der Waals surface area contributed by atoms with E-state index in [0.29, 0.717) is 18.3 Å². The summed E-state index contributed by atoms with van der Waals surface area (Å²) >= 11 is 0. The topological polar surface area (TPSA) is 75.1 Å². The second-order valence-corrected chi connectivity index (χ2v) is 5.23. The number of nitrogens with zero attached hydrogens (tertiary/aromatic N) is 2. The van der Waals surface area contributed by atoms with Crippen molar-refractivity contribution in [3.8, 4) is 0 Å². The van der Waals surface area contributed by atoms with Crippen molar-refractivity contribution in [3.05, 3.63) is 29.6 Å². The molecular weight excluding hydrogens is 242 g/mol. The highest BCUT2D eigenvalue weighted by atomic mass is 16.4. The van der Waals surface area contributed by atoms with Gasteiger partial charge in [-0.1, -0.05) is 26.0 Å². The van der Waals surface area contributed by atoms with Crippen molar-refractivity contribution >= 4 is 11.9 Å². The van der Waals surface area contributed by atoms with E-state index in [1.165, 1.54) is 0 Å². The molecule has 0 fully saturated rings. The monoisotopic (exact) mass is 261 g/mol. The summed E-state index contributed by atoms with van der Waals surface area (Å²) in [5.74, 6) is -0.280. The third-order valence-electron chi connectivity index (χ3n) is 3.18. The molecule has 5 heteroatoms. The SMILES string of the molecule is Cc1cc(C(C)C)nc(NC2C=CC(C(=O)O)C2)n1. The minimum atomic E-state index is -0.784. The van der Waals surface area contributed by atoms with Crippen molar-refractivity contribution in [1.82, 2.24) is 9.97 Å². The van der Waals surface area contributed by atoms with Gasteiger partial charge < -0.3 is 10.4 Å². The zero-order valence-electron chi connectivity index (χ0n) is 11.4. The van der Waals surface area contributed by atoms with E-state index in [4.69, 9.17) is 5.11 Å². The van der Waals surface area contributed by atoms with Crippen LogP contribution in [0.5, 0.6) is 0 Å². The Hall–Kier alpha value is -1.91. The molecule has 2 N–H and O–H groups in total. The second kappa shape index (κ2) is 5.38. The van der Waals surface area contributed by atoms with E-state index in [-0.39, 0.29) is 6.04 Å². The molecule has 1 aliphatic rings. The molecule has 0 saturated heterocycles. The number of hydrogen-bond donors (Lipinski definition) is 2. The Morgan fingerprint density at radius 3 is 2.74 bits per heavy atom. The first kappa shape index (κ1) is 13.5. The van der Waals surface area contributed by atoms with Crippen LogP contribution in [0.3, 0.4) is 0 Å². The number of hydrogen-bond acceptors (Lipinski definition) is 4. The summed E-state index contributed by atoms with van der Waals surface area (Å²) in [5, 5.41) is 12.1.